The molecule has 17 heavy (non-hydrogen) atoms. The Labute approximate surface area is 112 Å². The van der Waals surface area contributed by atoms with Crippen molar-refractivity contribution in [2.24, 2.45) is 5.84 Å². The summed E-state index contributed by atoms with van der Waals surface area (Å²) in [5.74, 6) is 6.80. The van der Waals surface area contributed by atoms with Crippen LogP contribution in [0, 0.1) is 0 Å². The van der Waals surface area contributed by atoms with Gasteiger partial charge in [-0.1, -0.05) is 13.3 Å². The molecule has 0 amide bonds. The third kappa shape index (κ3) is 3.02. The molecule has 0 spiro atoms. The van der Waals surface area contributed by atoms with Crippen molar-refractivity contribution in [1.29, 1.82) is 0 Å². The lowest BCUT2D eigenvalue weighted by atomic mass is 10.2. The minimum atomic E-state index is 0.656. The van der Waals surface area contributed by atoms with E-state index in [1.807, 2.05) is 17.5 Å². The number of aromatic nitrogens is 2. The van der Waals surface area contributed by atoms with Gasteiger partial charge >= 0.3 is 0 Å². The fourth-order valence-electron chi connectivity index (χ4n) is 1.50. The van der Waals surface area contributed by atoms with E-state index < -0.39 is 0 Å². The normalized spacial score (nSPS) is 10.5. The van der Waals surface area contributed by atoms with Crippen LogP contribution in [0.25, 0.3) is 10.7 Å². The predicted molar refractivity (Wildman–Crippen MR) is 74.9 cm³/mol. The maximum atomic E-state index is 5.42. The largest absolute Gasteiger partial charge is 0.308 e. The number of nitrogens with two attached hydrogens (primary N) is 1. The van der Waals surface area contributed by atoms with Crippen molar-refractivity contribution in [2.75, 3.05) is 5.43 Å². The summed E-state index contributed by atoms with van der Waals surface area (Å²) in [5, 5.41) is 2.01. The fraction of sp³-hybridized carbons (Fsp3) is 0.273. The number of rotatable bonds is 4. The van der Waals surface area contributed by atoms with Crippen molar-refractivity contribution in [3.63, 3.8) is 0 Å². The Morgan fingerprint density at radius 3 is 2.82 bits per heavy atom. The van der Waals surface area contributed by atoms with Crippen LogP contribution >= 0.6 is 27.3 Å². The maximum Gasteiger partial charge on any atom is 0.171 e. The van der Waals surface area contributed by atoms with E-state index >= 15 is 0 Å². The molecule has 0 unspecified atom stereocenters. The first-order chi connectivity index (χ1) is 8.22. The molecule has 2 aromatic heterocycles. The Bertz CT molecular complexity index is 512. The second-order valence-corrected chi connectivity index (χ2v) is 5.42. The van der Waals surface area contributed by atoms with E-state index in [9.17, 15) is 0 Å². The second-order valence-electron chi connectivity index (χ2n) is 3.59. The number of nitrogens with zero attached hydrogens (tertiary/aromatic N) is 2. The van der Waals surface area contributed by atoms with Gasteiger partial charge in [-0.3, -0.25) is 0 Å². The summed E-state index contributed by atoms with van der Waals surface area (Å²) < 4.78 is 1.05. The second kappa shape index (κ2) is 5.57. The van der Waals surface area contributed by atoms with Gasteiger partial charge in [0, 0.05) is 21.6 Å². The summed E-state index contributed by atoms with van der Waals surface area (Å²) in [7, 11) is 0. The zero-order chi connectivity index (χ0) is 12.3. The highest BCUT2D eigenvalue weighted by molar-refractivity contribution is 9.10. The van der Waals surface area contributed by atoms with Crippen LogP contribution < -0.4 is 11.3 Å². The van der Waals surface area contributed by atoms with Gasteiger partial charge in [-0.2, -0.15) is 0 Å². The van der Waals surface area contributed by atoms with E-state index in [0.29, 0.717) is 5.82 Å². The van der Waals surface area contributed by atoms with Crippen LogP contribution in [0.15, 0.2) is 22.0 Å². The first-order valence-electron chi connectivity index (χ1n) is 5.32. The Morgan fingerprint density at radius 1 is 1.41 bits per heavy atom. The zero-order valence-corrected chi connectivity index (χ0v) is 11.8. The van der Waals surface area contributed by atoms with Crippen LogP contribution in [0.4, 0.5) is 5.82 Å². The third-order valence-corrected chi connectivity index (χ3v) is 3.91. The van der Waals surface area contributed by atoms with E-state index in [4.69, 9.17) is 5.84 Å². The van der Waals surface area contributed by atoms with Crippen LogP contribution in [0.3, 0.4) is 0 Å². The number of nitrogens with one attached hydrogen (secondary N) is 1. The number of thiophene rings is 1. The Balaban J connectivity index is 2.42. The van der Waals surface area contributed by atoms with Crippen LogP contribution in [0.5, 0.6) is 0 Å². The lowest BCUT2D eigenvalue weighted by molar-refractivity contribution is 0.876. The van der Waals surface area contributed by atoms with Gasteiger partial charge in [-0.15, -0.1) is 11.3 Å². The molecule has 0 bridgehead atoms. The highest BCUT2D eigenvalue weighted by atomic mass is 79.9. The molecule has 90 valence electrons. The zero-order valence-electron chi connectivity index (χ0n) is 9.40. The number of hydrogen-bond donors (Lipinski definition) is 2. The molecule has 2 rings (SSSR count). The molecular formula is C11H13BrN4S. The molecule has 0 fully saturated rings. The first kappa shape index (κ1) is 12.5. The highest BCUT2D eigenvalue weighted by Gasteiger charge is 2.08. The highest BCUT2D eigenvalue weighted by Crippen LogP contribution is 2.28. The molecule has 0 atom stereocenters. The van der Waals surface area contributed by atoms with E-state index in [0.717, 1.165) is 33.7 Å². The van der Waals surface area contributed by atoms with Gasteiger partial charge in [0.05, 0.1) is 4.88 Å². The van der Waals surface area contributed by atoms with Crippen molar-refractivity contribution < 1.29 is 0 Å². The molecule has 0 aliphatic rings. The van der Waals surface area contributed by atoms with Gasteiger partial charge in [0.2, 0.25) is 0 Å². The fourth-order valence-corrected chi connectivity index (χ4v) is 2.86. The van der Waals surface area contributed by atoms with E-state index in [1.165, 1.54) is 0 Å². The van der Waals surface area contributed by atoms with Gasteiger partial charge in [0.15, 0.2) is 5.82 Å². The minimum absolute atomic E-state index is 0.656. The van der Waals surface area contributed by atoms with Crippen LogP contribution in [-0.4, -0.2) is 9.97 Å². The molecule has 0 aliphatic carbocycles. The van der Waals surface area contributed by atoms with E-state index in [2.05, 4.69) is 38.2 Å². The summed E-state index contributed by atoms with van der Waals surface area (Å²) in [4.78, 5) is 9.93. The molecule has 4 nitrogen and oxygen atoms in total. The number of nitrogen functional groups attached to an aromatic ring is 1. The van der Waals surface area contributed by atoms with Crippen LogP contribution in [0.2, 0.25) is 0 Å². The summed E-state index contributed by atoms with van der Waals surface area (Å²) in [5.41, 5.74) is 3.59. The van der Waals surface area contributed by atoms with Gasteiger partial charge in [0.1, 0.15) is 5.82 Å². The Kier molecular flexibility index (Phi) is 4.09. The molecule has 3 N–H and O–H groups in total. The summed E-state index contributed by atoms with van der Waals surface area (Å²) in [6.45, 7) is 2.12. The standard InChI is InChI=1S/C11H13BrN4S/c1-2-3-8-5-10(16-13)15-11(14-8)9-4-7(12)6-17-9/h4-6H,2-3,13H2,1H3,(H,14,15,16). The summed E-state index contributed by atoms with van der Waals surface area (Å²) >= 11 is 5.04. The number of aryl methyl sites for hydroxylation is 1. The Hall–Kier alpha value is -0.980. The number of halogens is 1. The number of hydrazine groups is 1. The van der Waals surface area contributed by atoms with Gasteiger partial charge in [0.25, 0.3) is 0 Å². The lowest BCUT2D eigenvalue weighted by Crippen LogP contribution is -2.10. The van der Waals surface area contributed by atoms with Crippen LogP contribution in [-0.2, 0) is 6.42 Å². The monoisotopic (exact) mass is 312 g/mol. The molecule has 0 aliphatic heterocycles. The number of hydrogen-bond acceptors (Lipinski definition) is 5. The molecule has 0 aromatic carbocycles. The average molecular weight is 313 g/mol. The average Bonchev–Trinajstić information content (AvgIpc) is 2.76. The van der Waals surface area contributed by atoms with E-state index in [1.54, 1.807) is 11.3 Å². The topological polar surface area (TPSA) is 63.8 Å². The summed E-state index contributed by atoms with van der Waals surface area (Å²) in [6, 6.07) is 3.89. The first-order valence-corrected chi connectivity index (χ1v) is 6.99. The molecule has 2 aromatic rings. The SMILES string of the molecule is CCCc1cc(NN)nc(-c2cc(Br)cs2)n1. The van der Waals surface area contributed by atoms with Crippen molar-refractivity contribution in [2.45, 2.75) is 19.8 Å². The van der Waals surface area contributed by atoms with Crippen molar-refractivity contribution in [1.82, 2.24) is 9.97 Å². The quantitative estimate of drug-likeness (QED) is 0.672. The van der Waals surface area contributed by atoms with Crippen LogP contribution in [0.1, 0.15) is 19.0 Å². The lowest BCUT2D eigenvalue weighted by Gasteiger charge is -2.05. The molecular weight excluding hydrogens is 300 g/mol. The molecule has 0 saturated carbocycles. The smallest absolute Gasteiger partial charge is 0.171 e. The predicted octanol–water partition coefficient (Wildman–Crippen LogP) is 3.21. The summed E-state index contributed by atoms with van der Waals surface area (Å²) in [6.07, 6.45) is 1.98. The molecule has 2 heterocycles. The van der Waals surface area contributed by atoms with Crippen molar-refractivity contribution in [3.05, 3.63) is 27.7 Å². The maximum absolute atomic E-state index is 5.42. The minimum Gasteiger partial charge on any atom is -0.308 e. The van der Waals surface area contributed by atoms with Crippen molar-refractivity contribution in [3.8, 4) is 10.7 Å². The third-order valence-electron chi connectivity index (χ3n) is 2.22. The van der Waals surface area contributed by atoms with E-state index in [-0.39, 0.29) is 0 Å². The number of anilines is 1. The molecule has 6 heteroatoms. The van der Waals surface area contributed by atoms with Gasteiger partial charge in [-0.25, -0.2) is 15.8 Å². The van der Waals surface area contributed by atoms with Crippen molar-refractivity contribution >= 4 is 33.1 Å². The Morgan fingerprint density at radius 2 is 2.24 bits per heavy atom. The van der Waals surface area contributed by atoms with Gasteiger partial charge < -0.3 is 5.43 Å². The molecule has 0 saturated heterocycles. The molecule has 0 radical (unpaired) electrons. The van der Waals surface area contributed by atoms with Gasteiger partial charge in [-0.05, 0) is 28.4 Å².